The molecule has 100 valence electrons. The summed E-state index contributed by atoms with van der Waals surface area (Å²) in [5, 5.41) is 5.59. The second kappa shape index (κ2) is 4.57. The van der Waals surface area contributed by atoms with Gasteiger partial charge < -0.3 is 5.32 Å². The summed E-state index contributed by atoms with van der Waals surface area (Å²) in [6.07, 6.45) is 0. The van der Waals surface area contributed by atoms with E-state index in [0.717, 1.165) is 0 Å². The Morgan fingerprint density at radius 1 is 1.10 bits per heavy atom. The van der Waals surface area contributed by atoms with Crippen molar-refractivity contribution < 1.29 is 9.59 Å². The van der Waals surface area contributed by atoms with Crippen molar-refractivity contribution in [3.05, 3.63) is 46.4 Å². The molecule has 0 aliphatic carbocycles. The lowest BCUT2D eigenvalue weighted by Gasteiger charge is -2.07. The lowest BCUT2D eigenvalue weighted by Crippen LogP contribution is -2.19. The average Bonchev–Trinajstić information content (AvgIpc) is 2.63. The van der Waals surface area contributed by atoms with Gasteiger partial charge in [0, 0.05) is 11.8 Å². The molecule has 1 aromatic heterocycles. The number of carbonyl (C=O) groups is 2. The maximum Gasteiger partial charge on any atom is 0.259 e. The van der Waals surface area contributed by atoms with E-state index in [0.29, 0.717) is 33.6 Å². The van der Waals surface area contributed by atoms with Crippen molar-refractivity contribution in [3.8, 4) is 0 Å². The standard InChI is InChI=1S/C13H9ClN4O2/c1-6-15-10(14)5-11(16-6)17-7-2-3-8-9(4-7)13(20)18-12(8)19/h2-5H,1H3,(H,15,16,17)(H,18,19,20). The highest BCUT2D eigenvalue weighted by atomic mass is 35.5. The number of aromatic nitrogens is 2. The first-order valence-corrected chi connectivity index (χ1v) is 6.19. The predicted molar refractivity (Wildman–Crippen MR) is 73.3 cm³/mol. The van der Waals surface area contributed by atoms with E-state index in [4.69, 9.17) is 11.6 Å². The zero-order valence-corrected chi connectivity index (χ0v) is 11.2. The molecule has 0 saturated heterocycles. The fraction of sp³-hybridized carbons (Fsp3) is 0.0769. The molecule has 2 heterocycles. The first kappa shape index (κ1) is 12.6. The summed E-state index contributed by atoms with van der Waals surface area (Å²) in [5.41, 5.74) is 1.36. The molecule has 0 bridgehead atoms. The van der Waals surface area contributed by atoms with E-state index < -0.39 is 5.91 Å². The van der Waals surface area contributed by atoms with Gasteiger partial charge in [0.2, 0.25) is 0 Å². The van der Waals surface area contributed by atoms with Crippen LogP contribution in [0.15, 0.2) is 24.3 Å². The second-order valence-corrected chi connectivity index (χ2v) is 4.68. The number of nitrogens with zero attached hydrogens (tertiary/aromatic N) is 2. The summed E-state index contributed by atoms with van der Waals surface area (Å²) in [6.45, 7) is 1.73. The van der Waals surface area contributed by atoms with Crippen LogP contribution in [-0.2, 0) is 0 Å². The molecule has 20 heavy (non-hydrogen) atoms. The number of rotatable bonds is 2. The number of aryl methyl sites for hydroxylation is 1. The van der Waals surface area contributed by atoms with Gasteiger partial charge in [-0.15, -0.1) is 0 Å². The van der Waals surface area contributed by atoms with E-state index in [2.05, 4.69) is 20.6 Å². The van der Waals surface area contributed by atoms with Crippen LogP contribution < -0.4 is 10.6 Å². The molecule has 0 unspecified atom stereocenters. The third kappa shape index (κ3) is 2.21. The fourth-order valence-electron chi connectivity index (χ4n) is 1.99. The van der Waals surface area contributed by atoms with Crippen LogP contribution in [0.4, 0.5) is 11.5 Å². The zero-order valence-electron chi connectivity index (χ0n) is 10.4. The number of halogens is 1. The molecule has 1 aliphatic heterocycles. The summed E-state index contributed by atoms with van der Waals surface area (Å²) in [6, 6.07) is 6.46. The fourth-order valence-corrected chi connectivity index (χ4v) is 2.21. The van der Waals surface area contributed by atoms with Crippen LogP contribution in [0.5, 0.6) is 0 Å². The predicted octanol–water partition coefficient (Wildman–Crippen LogP) is 2.07. The van der Waals surface area contributed by atoms with Crippen molar-refractivity contribution in [2.45, 2.75) is 6.92 Å². The minimum Gasteiger partial charge on any atom is -0.340 e. The first-order chi connectivity index (χ1) is 9.52. The first-order valence-electron chi connectivity index (χ1n) is 5.81. The molecular weight excluding hydrogens is 280 g/mol. The SMILES string of the molecule is Cc1nc(Cl)cc(Nc2ccc3c(c2)C(=O)NC3=O)n1. The van der Waals surface area contributed by atoms with Crippen LogP contribution in [-0.4, -0.2) is 21.8 Å². The lowest BCUT2D eigenvalue weighted by molar-refractivity contribution is 0.0879. The van der Waals surface area contributed by atoms with Gasteiger partial charge in [-0.05, 0) is 25.1 Å². The Hall–Kier alpha value is -2.47. The van der Waals surface area contributed by atoms with E-state index in [1.807, 2.05) is 0 Å². The Balaban J connectivity index is 1.94. The van der Waals surface area contributed by atoms with Gasteiger partial charge in [-0.25, -0.2) is 9.97 Å². The monoisotopic (exact) mass is 288 g/mol. The maximum atomic E-state index is 11.6. The van der Waals surface area contributed by atoms with Gasteiger partial charge in [-0.3, -0.25) is 14.9 Å². The summed E-state index contributed by atoms with van der Waals surface area (Å²) in [4.78, 5) is 31.2. The molecule has 0 saturated carbocycles. The van der Waals surface area contributed by atoms with E-state index in [9.17, 15) is 9.59 Å². The van der Waals surface area contributed by atoms with Gasteiger partial charge in [0.05, 0.1) is 11.1 Å². The van der Waals surface area contributed by atoms with Crippen molar-refractivity contribution in [2.75, 3.05) is 5.32 Å². The summed E-state index contributed by atoms with van der Waals surface area (Å²) in [5.74, 6) is 0.282. The van der Waals surface area contributed by atoms with E-state index in [1.54, 1.807) is 31.2 Å². The highest BCUT2D eigenvalue weighted by Gasteiger charge is 2.26. The quantitative estimate of drug-likeness (QED) is 0.653. The number of fused-ring (bicyclic) bond motifs is 1. The molecule has 2 aromatic rings. The maximum absolute atomic E-state index is 11.6. The number of benzene rings is 1. The molecule has 0 radical (unpaired) electrons. The Labute approximate surface area is 119 Å². The van der Waals surface area contributed by atoms with Crippen molar-refractivity contribution in [1.82, 2.24) is 15.3 Å². The van der Waals surface area contributed by atoms with E-state index >= 15 is 0 Å². The van der Waals surface area contributed by atoms with Gasteiger partial charge in [-0.1, -0.05) is 11.6 Å². The molecular formula is C13H9ClN4O2. The number of carbonyl (C=O) groups excluding carboxylic acids is 2. The molecule has 3 rings (SSSR count). The third-order valence-electron chi connectivity index (χ3n) is 2.81. The van der Waals surface area contributed by atoms with Crippen LogP contribution in [0.25, 0.3) is 0 Å². The smallest absolute Gasteiger partial charge is 0.259 e. The molecule has 6 nitrogen and oxygen atoms in total. The van der Waals surface area contributed by atoms with Crippen LogP contribution in [0, 0.1) is 6.92 Å². The molecule has 1 aliphatic rings. The van der Waals surface area contributed by atoms with Crippen molar-refractivity contribution in [3.63, 3.8) is 0 Å². The van der Waals surface area contributed by atoms with E-state index in [-0.39, 0.29) is 5.91 Å². The molecule has 1 aromatic carbocycles. The number of amides is 2. The van der Waals surface area contributed by atoms with Gasteiger partial charge >= 0.3 is 0 Å². The van der Waals surface area contributed by atoms with Crippen molar-refractivity contribution in [2.24, 2.45) is 0 Å². The molecule has 0 spiro atoms. The average molecular weight is 289 g/mol. The normalized spacial score (nSPS) is 13.1. The summed E-state index contributed by atoms with van der Waals surface area (Å²) < 4.78 is 0. The van der Waals surface area contributed by atoms with Crippen molar-refractivity contribution in [1.29, 1.82) is 0 Å². The lowest BCUT2D eigenvalue weighted by atomic mass is 10.1. The molecule has 0 fully saturated rings. The van der Waals surface area contributed by atoms with Gasteiger partial charge in [0.25, 0.3) is 11.8 Å². The number of hydrogen-bond donors (Lipinski definition) is 2. The number of imide groups is 1. The molecule has 2 amide bonds. The van der Waals surface area contributed by atoms with Crippen LogP contribution in [0.1, 0.15) is 26.5 Å². The summed E-state index contributed by atoms with van der Waals surface area (Å²) >= 11 is 5.85. The molecule has 2 N–H and O–H groups in total. The van der Waals surface area contributed by atoms with Crippen molar-refractivity contribution >= 4 is 34.9 Å². The topological polar surface area (TPSA) is 84.0 Å². The number of anilines is 2. The second-order valence-electron chi connectivity index (χ2n) is 4.29. The minimum atomic E-state index is -0.398. The van der Waals surface area contributed by atoms with Crippen LogP contribution in [0.2, 0.25) is 5.15 Å². The number of nitrogens with one attached hydrogen (secondary N) is 2. The number of hydrogen-bond acceptors (Lipinski definition) is 5. The molecule has 7 heteroatoms. The van der Waals surface area contributed by atoms with Gasteiger partial charge in [0.15, 0.2) is 0 Å². The Morgan fingerprint density at radius 3 is 2.60 bits per heavy atom. The Kier molecular flexibility index (Phi) is 2.87. The van der Waals surface area contributed by atoms with Gasteiger partial charge in [-0.2, -0.15) is 0 Å². The van der Waals surface area contributed by atoms with Crippen LogP contribution >= 0.6 is 11.6 Å². The highest BCUT2D eigenvalue weighted by Crippen LogP contribution is 2.23. The largest absolute Gasteiger partial charge is 0.340 e. The Bertz CT molecular complexity index is 725. The van der Waals surface area contributed by atoms with E-state index in [1.165, 1.54) is 0 Å². The minimum absolute atomic E-state index is 0.328. The Morgan fingerprint density at radius 2 is 1.85 bits per heavy atom. The molecule has 0 atom stereocenters. The van der Waals surface area contributed by atoms with Gasteiger partial charge in [0.1, 0.15) is 16.8 Å². The highest BCUT2D eigenvalue weighted by molar-refractivity contribution is 6.29. The summed E-state index contributed by atoms with van der Waals surface area (Å²) in [7, 11) is 0. The van der Waals surface area contributed by atoms with Crippen LogP contribution in [0.3, 0.4) is 0 Å². The third-order valence-corrected chi connectivity index (χ3v) is 3.01. The zero-order chi connectivity index (χ0) is 14.3.